The molecule has 0 saturated heterocycles. The zero-order valence-electron chi connectivity index (χ0n) is 12.1. The zero-order valence-corrected chi connectivity index (χ0v) is 12.9. The van der Waals surface area contributed by atoms with Crippen molar-refractivity contribution in [1.29, 1.82) is 5.41 Å². The predicted molar refractivity (Wildman–Crippen MR) is 90.0 cm³/mol. The zero-order chi connectivity index (χ0) is 17.2. The van der Waals surface area contributed by atoms with Crippen LogP contribution in [0.15, 0.2) is 54.6 Å². The summed E-state index contributed by atoms with van der Waals surface area (Å²) < 4.78 is 0. The average molecular weight is 332 g/mol. The first-order valence-corrected chi connectivity index (χ1v) is 7.46. The van der Waals surface area contributed by atoms with E-state index in [1.165, 1.54) is 41.6 Å². The summed E-state index contributed by atoms with van der Waals surface area (Å²) in [5.74, 6) is -1.67. The van der Waals surface area contributed by atoms with Crippen LogP contribution in [0.1, 0.15) is 26.3 Å². The van der Waals surface area contributed by atoms with Gasteiger partial charge in [0.15, 0.2) is 5.17 Å². The van der Waals surface area contributed by atoms with E-state index in [1.54, 1.807) is 0 Å². The first-order chi connectivity index (χ1) is 10.9. The maximum absolute atomic E-state index is 10.5. The summed E-state index contributed by atoms with van der Waals surface area (Å²) in [6.45, 7) is 0. The number of amidine groups is 1. The molecule has 0 spiro atoms. The third-order valence-corrected chi connectivity index (χ3v) is 3.41. The number of nitrogens with one attached hydrogen (secondary N) is 1. The fourth-order valence-electron chi connectivity index (χ4n) is 1.59. The molecule has 0 heterocycles. The molecule has 0 unspecified atom stereocenters. The van der Waals surface area contributed by atoms with Crippen LogP contribution in [-0.2, 0) is 5.75 Å². The minimum atomic E-state index is -1.23. The van der Waals surface area contributed by atoms with Gasteiger partial charge >= 0.3 is 11.9 Å². The lowest BCUT2D eigenvalue weighted by Crippen LogP contribution is -2.06. The number of hydrogen-bond donors (Lipinski definition) is 4. The Hall–Kier alpha value is -2.80. The first kappa shape index (κ1) is 18.2. The molecule has 0 aromatic heterocycles. The van der Waals surface area contributed by atoms with E-state index in [1.807, 2.05) is 30.3 Å². The third kappa shape index (κ3) is 6.66. The number of carboxylic acids is 2. The Morgan fingerprint density at radius 2 is 1.35 bits per heavy atom. The molecule has 23 heavy (non-hydrogen) atoms. The average Bonchev–Trinajstić information content (AvgIpc) is 2.54. The number of carbonyl (C=O) groups is 2. The van der Waals surface area contributed by atoms with Crippen LogP contribution in [0.2, 0.25) is 0 Å². The van der Waals surface area contributed by atoms with Gasteiger partial charge in [0.25, 0.3) is 0 Å². The van der Waals surface area contributed by atoms with E-state index in [9.17, 15) is 9.59 Å². The van der Waals surface area contributed by atoms with Gasteiger partial charge in [-0.15, -0.1) is 0 Å². The lowest BCUT2D eigenvalue weighted by molar-refractivity contribution is 0.0651. The first-order valence-electron chi connectivity index (χ1n) is 6.48. The fraction of sp³-hybridized carbons (Fsp3) is 0.0625. The molecule has 2 rings (SSSR count). The van der Waals surface area contributed by atoms with E-state index < -0.39 is 11.9 Å². The Morgan fingerprint density at radius 3 is 1.74 bits per heavy atom. The van der Waals surface area contributed by atoms with Crippen LogP contribution in [-0.4, -0.2) is 27.3 Å². The third-order valence-electron chi connectivity index (χ3n) is 2.63. The molecular weight excluding hydrogens is 316 g/mol. The molecule has 2 aromatic rings. The number of rotatable bonds is 4. The summed E-state index contributed by atoms with van der Waals surface area (Å²) in [6, 6.07) is 15.5. The fourth-order valence-corrected chi connectivity index (χ4v) is 2.11. The maximum atomic E-state index is 10.5. The Kier molecular flexibility index (Phi) is 7.35. The number of aromatic carboxylic acids is 2. The SMILES string of the molecule is N=C(N)SCc1ccccc1.O=C(O)c1ccccc1C(=O)O. The molecule has 0 aliphatic rings. The van der Waals surface area contributed by atoms with Crippen molar-refractivity contribution in [2.24, 2.45) is 5.73 Å². The van der Waals surface area contributed by atoms with Crippen molar-refractivity contribution < 1.29 is 19.8 Å². The largest absolute Gasteiger partial charge is 0.478 e. The molecule has 0 fully saturated rings. The smallest absolute Gasteiger partial charge is 0.336 e. The predicted octanol–water partition coefficient (Wildman–Crippen LogP) is 2.90. The molecule has 120 valence electrons. The van der Waals surface area contributed by atoms with Gasteiger partial charge in [0.2, 0.25) is 0 Å². The van der Waals surface area contributed by atoms with Crippen molar-refractivity contribution in [1.82, 2.24) is 0 Å². The van der Waals surface area contributed by atoms with E-state index in [4.69, 9.17) is 21.4 Å². The van der Waals surface area contributed by atoms with Crippen molar-refractivity contribution in [3.05, 3.63) is 71.3 Å². The Balaban J connectivity index is 0.000000231. The lowest BCUT2D eigenvalue weighted by atomic mass is 10.1. The summed E-state index contributed by atoms with van der Waals surface area (Å²) in [4.78, 5) is 20.9. The Labute approximate surface area is 137 Å². The molecule has 0 bridgehead atoms. The van der Waals surface area contributed by atoms with Crippen LogP contribution in [0.4, 0.5) is 0 Å². The molecule has 0 amide bonds. The second-order valence-corrected chi connectivity index (χ2v) is 5.31. The maximum Gasteiger partial charge on any atom is 0.336 e. The normalized spacial score (nSPS) is 9.39. The van der Waals surface area contributed by atoms with Gasteiger partial charge in [0.1, 0.15) is 0 Å². The summed E-state index contributed by atoms with van der Waals surface area (Å²) in [5, 5.41) is 24.3. The van der Waals surface area contributed by atoms with Crippen molar-refractivity contribution in [2.75, 3.05) is 0 Å². The molecule has 2 aromatic carbocycles. The molecule has 0 radical (unpaired) electrons. The minimum absolute atomic E-state index is 0.175. The van der Waals surface area contributed by atoms with Crippen molar-refractivity contribution in [3.63, 3.8) is 0 Å². The van der Waals surface area contributed by atoms with Crippen LogP contribution >= 0.6 is 11.8 Å². The van der Waals surface area contributed by atoms with Gasteiger partial charge in [-0.25, -0.2) is 9.59 Å². The lowest BCUT2D eigenvalue weighted by Gasteiger charge is -1.98. The summed E-state index contributed by atoms with van der Waals surface area (Å²) in [6.07, 6.45) is 0. The van der Waals surface area contributed by atoms with Crippen LogP contribution in [0.5, 0.6) is 0 Å². The number of nitrogens with two attached hydrogens (primary N) is 1. The molecular formula is C16H16N2O4S. The van der Waals surface area contributed by atoms with E-state index in [2.05, 4.69) is 0 Å². The van der Waals surface area contributed by atoms with Crippen molar-refractivity contribution in [3.8, 4) is 0 Å². The van der Waals surface area contributed by atoms with Gasteiger partial charge in [0, 0.05) is 5.75 Å². The van der Waals surface area contributed by atoms with E-state index in [-0.39, 0.29) is 16.3 Å². The van der Waals surface area contributed by atoms with Gasteiger partial charge in [-0.05, 0) is 17.7 Å². The van der Waals surface area contributed by atoms with Crippen LogP contribution in [0.3, 0.4) is 0 Å². The number of benzene rings is 2. The quantitative estimate of drug-likeness (QED) is 0.504. The topological polar surface area (TPSA) is 124 Å². The second kappa shape index (κ2) is 9.26. The molecule has 0 aliphatic heterocycles. The van der Waals surface area contributed by atoms with Gasteiger partial charge in [-0.2, -0.15) is 0 Å². The van der Waals surface area contributed by atoms with Crippen LogP contribution < -0.4 is 5.73 Å². The number of carboxylic acid groups (broad SMARTS) is 2. The monoisotopic (exact) mass is 332 g/mol. The minimum Gasteiger partial charge on any atom is -0.478 e. The molecule has 5 N–H and O–H groups in total. The molecule has 6 nitrogen and oxygen atoms in total. The summed E-state index contributed by atoms with van der Waals surface area (Å²) >= 11 is 1.35. The molecule has 0 saturated carbocycles. The van der Waals surface area contributed by atoms with Crippen LogP contribution in [0.25, 0.3) is 0 Å². The van der Waals surface area contributed by atoms with Gasteiger partial charge in [0.05, 0.1) is 11.1 Å². The summed E-state index contributed by atoms with van der Waals surface area (Å²) in [5.41, 5.74) is 6.01. The highest BCUT2D eigenvalue weighted by Crippen LogP contribution is 2.10. The van der Waals surface area contributed by atoms with E-state index >= 15 is 0 Å². The van der Waals surface area contributed by atoms with Crippen LogP contribution in [0, 0.1) is 5.41 Å². The Morgan fingerprint density at radius 1 is 0.913 bits per heavy atom. The molecule has 0 aliphatic carbocycles. The highest BCUT2D eigenvalue weighted by Gasteiger charge is 2.13. The van der Waals surface area contributed by atoms with Crippen molar-refractivity contribution >= 4 is 28.9 Å². The molecule has 7 heteroatoms. The number of hydrogen-bond acceptors (Lipinski definition) is 4. The second-order valence-electron chi connectivity index (χ2n) is 4.29. The standard InChI is InChI=1S/C8H10N2S.C8H6O4/c9-8(10)11-6-7-4-2-1-3-5-7;9-7(10)5-3-1-2-4-6(5)8(11)12/h1-5H,6H2,(H3,9,10);1-4H,(H,9,10)(H,11,12). The van der Waals surface area contributed by atoms with E-state index in [0.29, 0.717) is 0 Å². The van der Waals surface area contributed by atoms with Gasteiger partial charge in [-0.3, -0.25) is 5.41 Å². The molecule has 0 atom stereocenters. The Bertz CT molecular complexity index is 656. The highest BCUT2D eigenvalue weighted by atomic mass is 32.2. The van der Waals surface area contributed by atoms with Gasteiger partial charge in [-0.1, -0.05) is 54.2 Å². The highest BCUT2D eigenvalue weighted by molar-refractivity contribution is 8.13. The van der Waals surface area contributed by atoms with E-state index in [0.717, 1.165) is 5.75 Å². The number of thioether (sulfide) groups is 1. The van der Waals surface area contributed by atoms with Crippen molar-refractivity contribution in [2.45, 2.75) is 5.75 Å². The summed E-state index contributed by atoms with van der Waals surface area (Å²) in [7, 11) is 0. The van der Waals surface area contributed by atoms with Gasteiger partial charge < -0.3 is 15.9 Å².